The number of carboxylic acid groups (broad SMARTS) is 1. The third kappa shape index (κ3) is 29.7. The molecule has 4 N–H and O–H groups in total. The highest BCUT2D eigenvalue weighted by molar-refractivity contribution is 5.73. The second-order valence-electron chi connectivity index (χ2n) is 15.5. The molecular weight excluding hydrogens is 753 g/mol. The molecule has 1 saturated heterocycles. The van der Waals surface area contributed by atoms with Gasteiger partial charge in [0.25, 0.3) is 0 Å². The number of aliphatic hydroxyl groups excluding tert-OH is 3. The minimum atomic E-state index is -1.87. The van der Waals surface area contributed by atoms with Crippen molar-refractivity contribution in [3.63, 3.8) is 0 Å². The third-order valence-corrected chi connectivity index (χ3v) is 10.1. The Morgan fingerprint density at radius 3 is 1.56 bits per heavy atom. The summed E-state index contributed by atoms with van der Waals surface area (Å²) in [6.07, 6.45) is 37.0. The van der Waals surface area contributed by atoms with Crippen LogP contribution in [0.25, 0.3) is 0 Å². The van der Waals surface area contributed by atoms with Gasteiger partial charge < -0.3 is 39.4 Å². The monoisotopic (exact) mass is 833 g/mol. The van der Waals surface area contributed by atoms with Crippen molar-refractivity contribution in [3.8, 4) is 0 Å². The second kappa shape index (κ2) is 37.9. The Bertz CT molecular complexity index is 1210. The number of carboxylic acids is 1. The number of rotatable bonds is 37. The molecule has 6 atom stereocenters. The van der Waals surface area contributed by atoms with Crippen molar-refractivity contribution in [1.29, 1.82) is 0 Å². The van der Waals surface area contributed by atoms with Crippen molar-refractivity contribution in [3.05, 3.63) is 60.8 Å². The summed E-state index contributed by atoms with van der Waals surface area (Å²) in [4.78, 5) is 36.8. The maximum atomic E-state index is 12.8. The van der Waals surface area contributed by atoms with E-state index in [2.05, 4.69) is 74.6 Å². The summed E-state index contributed by atoms with van der Waals surface area (Å²) >= 11 is 0. The smallest absolute Gasteiger partial charge is 0.335 e. The Balaban J connectivity index is 2.39. The van der Waals surface area contributed by atoms with E-state index in [1.165, 1.54) is 64.2 Å². The average molecular weight is 833 g/mol. The first-order valence-electron chi connectivity index (χ1n) is 22.8. The second-order valence-corrected chi connectivity index (χ2v) is 15.5. The Morgan fingerprint density at radius 1 is 0.542 bits per heavy atom. The number of aliphatic carboxylic acids is 1. The van der Waals surface area contributed by atoms with Gasteiger partial charge >= 0.3 is 17.9 Å². The molecule has 0 aliphatic carbocycles. The molecule has 11 heteroatoms. The van der Waals surface area contributed by atoms with Gasteiger partial charge in [-0.25, -0.2) is 4.79 Å². The van der Waals surface area contributed by atoms with Crippen LogP contribution < -0.4 is 0 Å². The highest BCUT2D eigenvalue weighted by Gasteiger charge is 2.47. The van der Waals surface area contributed by atoms with E-state index in [1.807, 2.05) is 0 Å². The van der Waals surface area contributed by atoms with Crippen LogP contribution >= 0.6 is 0 Å². The highest BCUT2D eigenvalue weighted by Crippen LogP contribution is 2.23. The normalized spacial score (nSPS) is 20.5. The quantitative estimate of drug-likeness (QED) is 0.0267. The number of ether oxygens (including phenoxy) is 4. The van der Waals surface area contributed by atoms with Gasteiger partial charge in [0, 0.05) is 12.8 Å². The zero-order chi connectivity index (χ0) is 43.2. The summed E-state index contributed by atoms with van der Waals surface area (Å²) in [6.45, 7) is 3.65. The van der Waals surface area contributed by atoms with Gasteiger partial charge in [-0.05, 0) is 77.0 Å². The Labute approximate surface area is 356 Å². The molecule has 0 bridgehead atoms. The van der Waals surface area contributed by atoms with Crippen LogP contribution in [0.2, 0.25) is 0 Å². The zero-order valence-electron chi connectivity index (χ0n) is 36.5. The van der Waals surface area contributed by atoms with Crippen LogP contribution in [0.4, 0.5) is 0 Å². The molecule has 1 heterocycles. The van der Waals surface area contributed by atoms with E-state index in [-0.39, 0.29) is 19.4 Å². The van der Waals surface area contributed by atoms with E-state index in [0.717, 1.165) is 70.6 Å². The van der Waals surface area contributed by atoms with Crippen molar-refractivity contribution in [1.82, 2.24) is 0 Å². The fourth-order valence-corrected chi connectivity index (χ4v) is 6.51. The van der Waals surface area contributed by atoms with Crippen LogP contribution in [0.15, 0.2) is 60.8 Å². The number of carbonyl (C=O) groups excluding carboxylic acids is 2. The lowest BCUT2D eigenvalue weighted by molar-refractivity contribution is -0.298. The van der Waals surface area contributed by atoms with E-state index >= 15 is 0 Å². The van der Waals surface area contributed by atoms with E-state index < -0.39 is 61.3 Å². The summed E-state index contributed by atoms with van der Waals surface area (Å²) in [7, 11) is 0. The van der Waals surface area contributed by atoms with Crippen molar-refractivity contribution < 1.29 is 53.8 Å². The molecule has 0 spiro atoms. The minimum Gasteiger partial charge on any atom is -0.479 e. The molecular formula is C48H80O11. The number of hydrogen-bond acceptors (Lipinski definition) is 10. The number of aliphatic hydroxyl groups is 3. The SMILES string of the molecule is CC/C=C\C/C=C\C/C=C\C/C=C\CCCCC(=O)OCC(COC1OC(C(=O)O)C(O)C(O)C1O)OC(=O)CCCCCCCCC/C=C\CCCCCCCCC. The van der Waals surface area contributed by atoms with Gasteiger partial charge in [-0.1, -0.05) is 145 Å². The van der Waals surface area contributed by atoms with Crippen LogP contribution in [-0.2, 0) is 33.3 Å². The molecule has 1 fully saturated rings. The topological polar surface area (TPSA) is 169 Å². The number of unbranched alkanes of at least 4 members (excludes halogenated alkanes) is 16. The van der Waals surface area contributed by atoms with Crippen molar-refractivity contribution >= 4 is 17.9 Å². The molecule has 0 radical (unpaired) electrons. The zero-order valence-corrected chi connectivity index (χ0v) is 36.5. The summed E-state index contributed by atoms with van der Waals surface area (Å²) in [5, 5.41) is 39.8. The Hall–Kier alpha value is -3.09. The lowest BCUT2D eigenvalue weighted by Crippen LogP contribution is -2.60. The molecule has 0 aromatic heterocycles. The predicted octanol–water partition coefficient (Wildman–Crippen LogP) is 9.92. The molecule has 1 rings (SSSR count). The van der Waals surface area contributed by atoms with Crippen molar-refractivity contribution in [2.24, 2.45) is 0 Å². The molecule has 338 valence electrons. The minimum absolute atomic E-state index is 0.166. The standard InChI is InChI=1S/C48H80O11/c1-3-5-7-9-11-13-15-17-19-20-21-23-25-27-29-31-33-35-37-42(50)58-40(39-57-48-45(53)43(51)44(52)46(59-48)47(54)55)38-56-41(49)36-34-32-30-28-26-24-22-18-16-14-12-10-8-6-4-2/h6,8,12,14,18-20,22,26,28,40,43-46,48,51-53H,3-5,7,9-11,13,15-17,21,23-25,27,29-39H2,1-2H3,(H,54,55)/b8-6-,14-12-,20-19-,22-18-,28-26-. The van der Waals surface area contributed by atoms with Gasteiger partial charge in [0.05, 0.1) is 6.61 Å². The molecule has 1 aliphatic rings. The fourth-order valence-electron chi connectivity index (χ4n) is 6.51. The first-order chi connectivity index (χ1) is 28.7. The van der Waals surface area contributed by atoms with E-state index in [4.69, 9.17) is 18.9 Å². The third-order valence-electron chi connectivity index (χ3n) is 10.1. The molecule has 1 aliphatic heterocycles. The van der Waals surface area contributed by atoms with Crippen LogP contribution in [0.3, 0.4) is 0 Å². The van der Waals surface area contributed by atoms with Crippen molar-refractivity contribution in [2.45, 2.75) is 211 Å². The van der Waals surface area contributed by atoms with Crippen LogP contribution in [0, 0.1) is 0 Å². The van der Waals surface area contributed by atoms with Crippen LogP contribution in [-0.4, -0.2) is 88.4 Å². The molecule has 11 nitrogen and oxygen atoms in total. The lowest BCUT2D eigenvalue weighted by Gasteiger charge is -2.38. The van der Waals surface area contributed by atoms with E-state index in [9.17, 15) is 34.8 Å². The Kier molecular flexibility index (Phi) is 34.6. The highest BCUT2D eigenvalue weighted by atomic mass is 16.7. The van der Waals surface area contributed by atoms with Gasteiger partial charge in [-0.3, -0.25) is 9.59 Å². The maximum Gasteiger partial charge on any atom is 0.335 e. The molecule has 0 aromatic carbocycles. The molecule has 6 unspecified atom stereocenters. The van der Waals surface area contributed by atoms with Gasteiger partial charge in [0.15, 0.2) is 18.5 Å². The average Bonchev–Trinajstić information content (AvgIpc) is 3.22. The lowest BCUT2D eigenvalue weighted by atomic mass is 9.99. The number of esters is 2. The molecule has 0 saturated carbocycles. The summed E-state index contributed by atoms with van der Waals surface area (Å²) in [5.74, 6) is -2.51. The van der Waals surface area contributed by atoms with Crippen LogP contribution in [0.5, 0.6) is 0 Å². The molecule has 0 amide bonds. The number of carbonyl (C=O) groups is 3. The van der Waals surface area contributed by atoms with Crippen LogP contribution in [0.1, 0.15) is 174 Å². The van der Waals surface area contributed by atoms with Crippen molar-refractivity contribution in [2.75, 3.05) is 13.2 Å². The van der Waals surface area contributed by atoms with E-state index in [0.29, 0.717) is 12.8 Å². The van der Waals surface area contributed by atoms with Gasteiger partial charge in [0.1, 0.15) is 24.9 Å². The molecule has 0 aromatic rings. The summed E-state index contributed by atoms with van der Waals surface area (Å²) < 4.78 is 21.7. The number of allylic oxidation sites excluding steroid dienone is 10. The number of hydrogen-bond donors (Lipinski definition) is 4. The first-order valence-corrected chi connectivity index (χ1v) is 22.8. The van der Waals surface area contributed by atoms with Gasteiger partial charge in [-0.2, -0.15) is 0 Å². The summed E-state index contributed by atoms with van der Waals surface area (Å²) in [5.41, 5.74) is 0. The van der Waals surface area contributed by atoms with Gasteiger partial charge in [0.2, 0.25) is 0 Å². The summed E-state index contributed by atoms with van der Waals surface area (Å²) in [6, 6.07) is 0. The Morgan fingerprint density at radius 2 is 1.00 bits per heavy atom. The van der Waals surface area contributed by atoms with Gasteiger partial charge in [-0.15, -0.1) is 0 Å². The maximum absolute atomic E-state index is 12.8. The van der Waals surface area contributed by atoms with E-state index in [1.54, 1.807) is 0 Å². The fraction of sp³-hybridized carbons (Fsp3) is 0.729. The first kappa shape index (κ1) is 53.9. The predicted molar refractivity (Wildman–Crippen MR) is 234 cm³/mol. The largest absolute Gasteiger partial charge is 0.479 e. The molecule has 59 heavy (non-hydrogen) atoms.